The van der Waals surface area contributed by atoms with E-state index in [0.717, 1.165) is 12.2 Å². The molecule has 0 bridgehead atoms. The van der Waals surface area contributed by atoms with Crippen molar-refractivity contribution < 1.29 is 39.1 Å². The fourth-order valence-electron chi connectivity index (χ4n) is 1.79. The summed E-state index contributed by atoms with van der Waals surface area (Å²) in [6.45, 7) is 6.54. The minimum absolute atomic E-state index is 0.0642. The second-order valence-electron chi connectivity index (χ2n) is 6.23. The molecule has 0 radical (unpaired) electrons. The average Bonchev–Trinajstić information content (AvgIpc) is 2.55. The van der Waals surface area contributed by atoms with Crippen LogP contribution in [0, 0.1) is 11.8 Å². The van der Waals surface area contributed by atoms with E-state index in [9.17, 15) is 14.7 Å². The largest absolute Gasteiger partial charge is 0.478 e. The first-order valence-electron chi connectivity index (χ1n) is 8.48. The van der Waals surface area contributed by atoms with Gasteiger partial charge in [0.1, 0.15) is 6.10 Å². The summed E-state index contributed by atoms with van der Waals surface area (Å²) in [6, 6.07) is 0. The Kier molecular flexibility index (Phi) is 13.5. The fourth-order valence-corrected chi connectivity index (χ4v) is 1.79. The first-order chi connectivity index (χ1) is 12.2. The van der Waals surface area contributed by atoms with Crippen LogP contribution in [-0.2, 0) is 23.8 Å². The summed E-state index contributed by atoms with van der Waals surface area (Å²) in [5, 5.41) is 26.5. The van der Waals surface area contributed by atoms with E-state index in [1.54, 1.807) is 19.1 Å². The Bertz CT molecular complexity index is 422. The van der Waals surface area contributed by atoms with E-state index in [4.69, 9.17) is 24.4 Å². The van der Waals surface area contributed by atoms with Crippen LogP contribution in [0.1, 0.15) is 20.8 Å². The molecule has 3 atom stereocenters. The zero-order valence-electron chi connectivity index (χ0n) is 15.5. The Hall–Kier alpha value is -1.74. The number of aliphatic hydroxyl groups excluding tert-OH is 1. The molecule has 3 N–H and O–H groups in total. The molecule has 0 aromatic rings. The third-order valence-corrected chi connectivity index (χ3v) is 3.08. The molecule has 8 nitrogen and oxygen atoms in total. The fraction of sp³-hybridized carbons (Fsp3) is 0.667. The monoisotopic (exact) mass is 374 g/mol. The van der Waals surface area contributed by atoms with Crippen LogP contribution in [0.15, 0.2) is 24.3 Å². The number of hydrogen-bond acceptors (Lipinski definition) is 6. The summed E-state index contributed by atoms with van der Waals surface area (Å²) >= 11 is 0. The number of rotatable bonds is 15. The molecule has 26 heavy (non-hydrogen) atoms. The van der Waals surface area contributed by atoms with Gasteiger partial charge in [0, 0.05) is 12.2 Å². The van der Waals surface area contributed by atoms with E-state index < -0.39 is 24.1 Å². The highest BCUT2D eigenvalue weighted by Gasteiger charge is 2.13. The highest BCUT2D eigenvalue weighted by atomic mass is 16.6. The van der Waals surface area contributed by atoms with Crippen LogP contribution < -0.4 is 0 Å². The van der Waals surface area contributed by atoms with Gasteiger partial charge in [-0.2, -0.15) is 0 Å². The highest BCUT2D eigenvalue weighted by Crippen LogP contribution is 2.04. The maximum Gasteiger partial charge on any atom is 0.327 e. The molecule has 0 aliphatic carbocycles. The SMILES string of the molecule is CC(O)COC(COCC(C)/C=C/C(=O)O)COCC(C)/C=C/C(=O)O. The molecule has 0 aliphatic heterocycles. The predicted octanol–water partition coefficient (Wildman–Crippen LogP) is 1.34. The van der Waals surface area contributed by atoms with E-state index in [1.165, 1.54) is 0 Å². The van der Waals surface area contributed by atoms with E-state index >= 15 is 0 Å². The molecule has 0 saturated carbocycles. The molecule has 0 heterocycles. The summed E-state index contributed by atoms with van der Waals surface area (Å²) in [5.74, 6) is -2.14. The molecule has 8 heteroatoms. The zero-order chi connectivity index (χ0) is 19.9. The van der Waals surface area contributed by atoms with E-state index in [0.29, 0.717) is 13.2 Å². The van der Waals surface area contributed by atoms with Crippen LogP contribution in [0.4, 0.5) is 0 Å². The summed E-state index contributed by atoms with van der Waals surface area (Å²) in [6.07, 6.45) is 4.22. The van der Waals surface area contributed by atoms with E-state index in [1.807, 2.05) is 13.8 Å². The number of ether oxygens (including phenoxy) is 3. The van der Waals surface area contributed by atoms with Gasteiger partial charge in [-0.1, -0.05) is 26.0 Å². The number of aliphatic hydroxyl groups is 1. The predicted molar refractivity (Wildman–Crippen MR) is 94.9 cm³/mol. The lowest BCUT2D eigenvalue weighted by Crippen LogP contribution is -2.30. The van der Waals surface area contributed by atoms with Gasteiger partial charge < -0.3 is 29.5 Å². The van der Waals surface area contributed by atoms with Gasteiger partial charge in [0.15, 0.2) is 0 Å². The van der Waals surface area contributed by atoms with Crippen LogP contribution in [0.2, 0.25) is 0 Å². The van der Waals surface area contributed by atoms with Crippen LogP contribution >= 0.6 is 0 Å². The van der Waals surface area contributed by atoms with E-state index in [-0.39, 0.29) is 31.7 Å². The maximum atomic E-state index is 10.5. The molecular formula is C18H30O8. The van der Waals surface area contributed by atoms with Gasteiger partial charge in [-0.3, -0.25) is 0 Å². The number of hydrogen-bond donors (Lipinski definition) is 3. The van der Waals surface area contributed by atoms with Gasteiger partial charge in [0.25, 0.3) is 0 Å². The van der Waals surface area contributed by atoms with Gasteiger partial charge in [-0.25, -0.2) is 9.59 Å². The minimum Gasteiger partial charge on any atom is -0.478 e. The average molecular weight is 374 g/mol. The van der Waals surface area contributed by atoms with Crippen LogP contribution in [0.25, 0.3) is 0 Å². The smallest absolute Gasteiger partial charge is 0.327 e. The van der Waals surface area contributed by atoms with Crippen LogP contribution in [-0.4, -0.2) is 72.5 Å². The third kappa shape index (κ3) is 15.8. The molecule has 3 unspecified atom stereocenters. The molecule has 0 spiro atoms. The van der Waals surface area contributed by atoms with E-state index in [2.05, 4.69) is 0 Å². The molecule has 150 valence electrons. The second kappa shape index (κ2) is 14.4. The maximum absolute atomic E-state index is 10.5. The topological polar surface area (TPSA) is 123 Å². The Balaban J connectivity index is 4.26. The van der Waals surface area contributed by atoms with Crippen LogP contribution in [0.3, 0.4) is 0 Å². The third-order valence-electron chi connectivity index (χ3n) is 3.08. The van der Waals surface area contributed by atoms with Gasteiger partial charge in [0.05, 0.1) is 39.1 Å². The lowest BCUT2D eigenvalue weighted by molar-refractivity contribution is -0.132. The molecule has 0 aromatic heterocycles. The first-order valence-corrected chi connectivity index (χ1v) is 8.48. The molecule has 0 aliphatic rings. The Morgan fingerprint density at radius 1 is 0.808 bits per heavy atom. The van der Waals surface area contributed by atoms with Crippen molar-refractivity contribution in [2.75, 3.05) is 33.0 Å². The summed E-state index contributed by atoms with van der Waals surface area (Å²) < 4.78 is 16.6. The van der Waals surface area contributed by atoms with Gasteiger partial charge >= 0.3 is 11.9 Å². The normalized spacial score (nSPS) is 16.6. The molecular weight excluding hydrogens is 344 g/mol. The number of carboxylic acids is 2. The molecule has 0 saturated heterocycles. The van der Waals surface area contributed by atoms with Crippen molar-refractivity contribution in [3.63, 3.8) is 0 Å². The van der Waals surface area contributed by atoms with Crippen molar-refractivity contribution in [1.82, 2.24) is 0 Å². The molecule has 0 amide bonds. The van der Waals surface area contributed by atoms with Crippen molar-refractivity contribution >= 4 is 11.9 Å². The van der Waals surface area contributed by atoms with Crippen molar-refractivity contribution in [3.8, 4) is 0 Å². The van der Waals surface area contributed by atoms with Gasteiger partial charge in [-0.05, 0) is 18.8 Å². The van der Waals surface area contributed by atoms with Gasteiger partial charge in [0.2, 0.25) is 0 Å². The highest BCUT2D eigenvalue weighted by molar-refractivity contribution is 5.80. The minimum atomic E-state index is -1.01. The quantitative estimate of drug-likeness (QED) is 0.367. The second-order valence-corrected chi connectivity index (χ2v) is 6.23. The lowest BCUT2D eigenvalue weighted by Gasteiger charge is -2.20. The summed E-state index contributed by atoms with van der Waals surface area (Å²) in [4.78, 5) is 20.9. The Morgan fingerprint density at radius 3 is 1.58 bits per heavy atom. The molecule has 0 rings (SSSR count). The number of carbonyl (C=O) groups is 2. The molecule has 0 aromatic carbocycles. The summed E-state index contributed by atoms with van der Waals surface area (Å²) in [7, 11) is 0. The zero-order valence-corrected chi connectivity index (χ0v) is 15.5. The summed E-state index contributed by atoms with van der Waals surface area (Å²) in [5.41, 5.74) is 0. The Labute approximate surface area is 154 Å². The van der Waals surface area contributed by atoms with Crippen molar-refractivity contribution in [2.45, 2.75) is 33.0 Å². The first kappa shape index (κ1) is 24.3. The van der Waals surface area contributed by atoms with Crippen molar-refractivity contribution in [1.29, 1.82) is 0 Å². The van der Waals surface area contributed by atoms with Gasteiger partial charge in [-0.15, -0.1) is 0 Å². The number of carboxylic acid groups (broad SMARTS) is 2. The van der Waals surface area contributed by atoms with Crippen LogP contribution in [0.5, 0.6) is 0 Å². The molecule has 0 fully saturated rings. The van der Waals surface area contributed by atoms with Crippen molar-refractivity contribution in [2.24, 2.45) is 11.8 Å². The number of aliphatic carboxylic acids is 2. The Morgan fingerprint density at radius 2 is 1.23 bits per heavy atom. The standard InChI is InChI=1S/C18H30O8/c1-13(4-6-17(20)21)8-24-11-16(26-10-15(3)19)12-25-9-14(2)5-7-18(22)23/h4-7,13-16,19H,8-12H2,1-3H3,(H,20,21)(H,22,23)/b6-4+,7-5+. The van der Waals surface area contributed by atoms with Crippen molar-refractivity contribution in [3.05, 3.63) is 24.3 Å². The lowest BCUT2D eigenvalue weighted by atomic mass is 10.2.